The van der Waals surface area contributed by atoms with Gasteiger partial charge in [-0.15, -0.1) is 0 Å². The monoisotopic (exact) mass is 402 g/mol. The van der Waals surface area contributed by atoms with E-state index in [1.807, 2.05) is 46.8 Å². The van der Waals surface area contributed by atoms with Crippen molar-refractivity contribution in [3.63, 3.8) is 0 Å². The summed E-state index contributed by atoms with van der Waals surface area (Å²) in [5.41, 5.74) is -0.284. The Kier molecular flexibility index (Phi) is 5.91. The van der Waals surface area contributed by atoms with Gasteiger partial charge in [-0.05, 0) is 25.2 Å². The molecule has 0 saturated carbocycles. The lowest BCUT2D eigenvalue weighted by Gasteiger charge is -2.27. The zero-order chi connectivity index (χ0) is 21.3. The van der Waals surface area contributed by atoms with Crippen LogP contribution in [0.5, 0.6) is 0 Å². The second kappa shape index (κ2) is 8.08. The van der Waals surface area contributed by atoms with Crippen molar-refractivity contribution in [2.45, 2.75) is 71.9 Å². The summed E-state index contributed by atoms with van der Waals surface area (Å²) in [6.07, 6.45) is 5.41. The topological polar surface area (TPSA) is 105 Å². The van der Waals surface area contributed by atoms with Gasteiger partial charge in [0.25, 0.3) is 0 Å². The lowest BCUT2D eigenvalue weighted by molar-refractivity contribution is -0.148. The number of rotatable bonds is 6. The van der Waals surface area contributed by atoms with E-state index >= 15 is 0 Å². The maximum atomic E-state index is 13.0. The van der Waals surface area contributed by atoms with Gasteiger partial charge in [0.15, 0.2) is 5.82 Å². The summed E-state index contributed by atoms with van der Waals surface area (Å²) >= 11 is 0. The van der Waals surface area contributed by atoms with Gasteiger partial charge in [-0.3, -0.25) is 19.3 Å². The van der Waals surface area contributed by atoms with Crippen molar-refractivity contribution in [3.05, 3.63) is 23.9 Å². The van der Waals surface area contributed by atoms with Crippen LogP contribution >= 0.6 is 0 Å². The molecule has 1 aromatic rings. The molecule has 2 heterocycles. The van der Waals surface area contributed by atoms with Gasteiger partial charge < -0.3 is 9.84 Å². The molecule has 0 spiro atoms. The summed E-state index contributed by atoms with van der Waals surface area (Å²) < 4.78 is 5.25. The van der Waals surface area contributed by atoms with Crippen molar-refractivity contribution in [2.75, 3.05) is 0 Å². The number of aromatic nitrogens is 2. The van der Waals surface area contributed by atoms with Crippen LogP contribution in [0.1, 0.15) is 65.6 Å². The Morgan fingerprint density at radius 1 is 1.21 bits per heavy atom. The minimum Gasteiger partial charge on any atom is -0.347 e. The zero-order valence-electron chi connectivity index (χ0n) is 17.8. The van der Waals surface area contributed by atoms with E-state index in [-0.39, 0.29) is 47.4 Å². The highest BCUT2D eigenvalue weighted by Crippen LogP contribution is 2.37. The van der Waals surface area contributed by atoms with Crippen molar-refractivity contribution < 1.29 is 18.9 Å². The molecule has 1 aromatic heterocycles. The van der Waals surface area contributed by atoms with Crippen LogP contribution in [0.4, 0.5) is 0 Å². The average molecular weight is 402 g/mol. The molecule has 3 unspecified atom stereocenters. The number of hydrogen-bond acceptors (Lipinski definition) is 6. The third kappa shape index (κ3) is 4.41. The molecule has 8 nitrogen and oxygen atoms in total. The minimum atomic E-state index is -0.824. The van der Waals surface area contributed by atoms with Gasteiger partial charge in [0.05, 0.1) is 18.4 Å². The summed E-state index contributed by atoms with van der Waals surface area (Å²) in [4.78, 5) is 44.3. The van der Waals surface area contributed by atoms with Gasteiger partial charge in [-0.2, -0.15) is 4.98 Å². The molecule has 1 aliphatic carbocycles. The van der Waals surface area contributed by atoms with Gasteiger partial charge in [0.1, 0.15) is 6.04 Å². The van der Waals surface area contributed by atoms with Crippen molar-refractivity contribution in [3.8, 4) is 0 Å². The zero-order valence-corrected chi connectivity index (χ0v) is 17.8. The van der Waals surface area contributed by atoms with E-state index < -0.39 is 6.04 Å². The van der Waals surface area contributed by atoms with Crippen LogP contribution in [0.15, 0.2) is 16.7 Å². The van der Waals surface area contributed by atoms with Gasteiger partial charge in [-0.1, -0.05) is 51.9 Å². The quantitative estimate of drug-likeness (QED) is 0.578. The molecule has 0 aromatic carbocycles. The summed E-state index contributed by atoms with van der Waals surface area (Å²) in [5.74, 6) is -0.535. The molecule has 1 aliphatic heterocycles. The summed E-state index contributed by atoms with van der Waals surface area (Å²) in [5, 5.41) is 6.69. The number of likely N-dealkylation sites (tertiary alicyclic amines) is 1. The number of hydrogen-bond donors (Lipinski definition) is 1. The number of nitrogens with one attached hydrogen (secondary N) is 1. The van der Waals surface area contributed by atoms with Gasteiger partial charge in [-0.25, -0.2) is 0 Å². The number of nitrogens with zero attached hydrogens (tertiary/aromatic N) is 3. The highest BCUT2D eigenvalue weighted by atomic mass is 16.5. The van der Waals surface area contributed by atoms with Crippen LogP contribution in [-0.2, 0) is 26.3 Å². The minimum absolute atomic E-state index is 0.0810. The van der Waals surface area contributed by atoms with E-state index in [1.165, 1.54) is 4.90 Å². The summed E-state index contributed by atoms with van der Waals surface area (Å²) in [7, 11) is 0. The van der Waals surface area contributed by atoms with E-state index in [4.69, 9.17) is 4.52 Å². The summed E-state index contributed by atoms with van der Waals surface area (Å²) in [6, 6.07) is -0.824. The Bertz CT molecular complexity index is 795. The molecular weight excluding hydrogens is 372 g/mol. The van der Waals surface area contributed by atoms with Crippen molar-refractivity contribution >= 4 is 17.7 Å². The molecule has 8 heteroatoms. The van der Waals surface area contributed by atoms with Gasteiger partial charge in [0, 0.05) is 5.41 Å². The average Bonchev–Trinajstić information content (AvgIpc) is 3.22. The highest BCUT2D eigenvalue weighted by Gasteiger charge is 2.51. The molecule has 1 saturated heterocycles. The third-order valence-corrected chi connectivity index (χ3v) is 5.38. The van der Waals surface area contributed by atoms with Crippen LogP contribution < -0.4 is 5.32 Å². The molecule has 3 atom stereocenters. The number of allylic oxidation sites excluding steroid dienone is 2. The SMILES string of the molecule is CC(C)CC(C(=O)NCc1noc(C(C)(C)C)n1)N1C(=O)C2CC=CCC2C1=O. The Balaban J connectivity index is 1.73. The van der Waals surface area contributed by atoms with E-state index in [0.717, 1.165) is 0 Å². The molecule has 0 bridgehead atoms. The van der Waals surface area contributed by atoms with E-state index in [1.54, 1.807) is 0 Å². The highest BCUT2D eigenvalue weighted by molar-refractivity contribution is 6.08. The molecular formula is C21H30N4O4. The second-order valence-electron chi connectivity index (χ2n) is 9.33. The number of fused-ring (bicyclic) bond motifs is 1. The predicted octanol–water partition coefficient (Wildman–Crippen LogP) is 2.35. The molecule has 3 rings (SSSR count). The van der Waals surface area contributed by atoms with E-state index in [0.29, 0.717) is 31.0 Å². The molecule has 29 heavy (non-hydrogen) atoms. The van der Waals surface area contributed by atoms with E-state index in [2.05, 4.69) is 15.5 Å². The molecule has 1 N–H and O–H groups in total. The van der Waals surface area contributed by atoms with E-state index in [9.17, 15) is 14.4 Å². The van der Waals surface area contributed by atoms with Crippen molar-refractivity contribution in [1.82, 2.24) is 20.4 Å². The molecule has 158 valence electrons. The molecule has 0 radical (unpaired) electrons. The molecule has 2 aliphatic rings. The van der Waals surface area contributed by atoms with Crippen LogP contribution in [0.25, 0.3) is 0 Å². The summed E-state index contributed by atoms with van der Waals surface area (Å²) in [6.45, 7) is 9.89. The Labute approximate surface area is 171 Å². The third-order valence-electron chi connectivity index (χ3n) is 5.38. The van der Waals surface area contributed by atoms with Crippen LogP contribution in [0, 0.1) is 17.8 Å². The smallest absolute Gasteiger partial charge is 0.243 e. The predicted molar refractivity (Wildman–Crippen MR) is 105 cm³/mol. The lowest BCUT2D eigenvalue weighted by atomic mass is 9.85. The van der Waals surface area contributed by atoms with Gasteiger partial charge >= 0.3 is 0 Å². The first-order chi connectivity index (χ1) is 13.6. The standard InChI is InChI=1S/C21H30N4O4/c1-12(2)10-15(25-18(27)13-8-6-7-9-14(13)19(25)28)17(26)22-11-16-23-20(29-24-16)21(3,4)5/h6-7,12-15H,8-11H2,1-5H3,(H,22,26). The fourth-order valence-electron chi connectivity index (χ4n) is 3.82. The maximum absolute atomic E-state index is 13.0. The second-order valence-corrected chi connectivity index (χ2v) is 9.33. The fraction of sp³-hybridized carbons (Fsp3) is 0.667. The Morgan fingerprint density at radius 2 is 1.79 bits per heavy atom. The van der Waals surface area contributed by atoms with Crippen molar-refractivity contribution in [2.24, 2.45) is 17.8 Å². The molecule has 1 fully saturated rings. The number of imide groups is 1. The number of carbonyl (C=O) groups is 3. The van der Waals surface area contributed by atoms with Crippen LogP contribution in [0.3, 0.4) is 0 Å². The van der Waals surface area contributed by atoms with Crippen LogP contribution in [-0.4, -0.2) is 38.8 Å². The van der Waals surface area contributed by atoms with Crippen molar-refractivity contribution in [1.29, 1.82) is 0 Å². The first-order valence-corrected chi connectivity index (χ1v) is 10.2. The Morgan fingerprint density at radius 3 is 2.28 bits per heavy atom. The number of amides is 3. The number of carbonyl (C=O) groups excluding carboxylic acids is 3. The molecule has 3 amide bonds. The maximum Gasteiger partial charge on any atom is 0.243 e. The van der Waals surface area contributed by atoms with Gasteiger partial charge in [0.2, 0.25) is 23.6 Å². The largest absolute Gasteiger partial charge is 0.347 e. The normalized spacial score (nSPS) is 22.9. The first-order valence-electron chi connectivity index (χ1n) is 10.2. The van der Waals surface area contributed by atoms with Crippen LogP contribution in [0.2, 0.25) is 0 Å². The lowest BCUT2D eigenvalue weighted by Crippen LogP contribution is -2.50. The Hall–Kier alpha value is -2.51. The fourth-order valence-corrected chi connectivity index (χ4v) is 3.82. The first kappa shape index (κ1) is 21.2.